The molecule has 7 heteroatoms. The summed E-state index contributed by atoms with van der Waals surface area (Å²) in [6.45, 7) is 1.53. The third-order valence-corrected chi connectivity index (χ3v) is 3.94. The van der Waals surface area contributed by atoms with E-state index in [9.17, 15) is 9.18 Å². The number of carbonyl (C=O) groups is 1. The van der Waals surface area contributed by atoms with Crippen LogP contribution in [0.25, 0.3) is 0 Å². The van der Waals surface area contributed by atoms with Crippen molar-refractivity contribution >= 4 is 52.1 Å². The van der Waals surface area contributed by atoms with Crippen LogP contribution >= 0.6 is 34.8 Å². The summed E-state index contributed by atoms with van der Waals surface area (Å²) < 4.78 is 13.6. The Morgan fingerprint density at radius 3 is 2.33 bits per heavy atom. The van der Waals surface area contributed by atoms with Crippen LogP contribution in [-0.4, -0.2) is 5.91 Å². The summed E-state index contributed by atoms with van der Waals surface area (Å²) in [6.07, 6.45) is 0. The lowest BCUT2D eigenvalue weighted by molar-refractivity contribution is 0.102. The van der Waals surface area contributed by atoms with Crippen LogP contribution < -0.4 is 11.1 Å². The first kappa shape index (κ1) is 15.9. The molecule has 0 atom stereocenters. The molecule has 0 saturated heterocycles. The van der Waals surface area contributed by atoms with Crippen molar-refractivity contribution in [1.82, 2.24) is 0 Å². The maximum absolute atomic E-state index is 13.6. The third kappa shape index (κ3) is 3.40. The Morgan fingerprint density at radius 1 is 1.10 bits per heavy atom. The molecule has 0 spiro atoms. The van der Waals surface area contributed by atoms with Gasteiger partial charge in [0.1, 0.15) is 5.82 Å². The molecule has 2 aromatic carbocycles. The van der Waals surface area contributed by atoms with Gasteiger partial charge in [0.15, 0.2) is 0 Å². The highest BCUT2D eigenvalue weighted by molar-refractivity contribution is 6.44. The molecular weight excluding hydrogens is 338 g/mol. The lowest BCUT2D eigenvalue weighted by atomic mass is 10.1. The Kier molecular flexibility index (Phi) is 4.61. The van der Waals surface area contributed by atoms with E-state index in [1.54, 1.807) is 0 Å². The fourth-order valence-corrected chi connectivity index (χ4v) is 2.24. The molecule has 2 rings (SSSR count). The highest BCUT2D eigenvalue weighted by Crippen LogP contribution is 2.32. The van der Waals surface area contributed by atoms with E-state index in [0.29, 0.717) is 5.56 Å². The van der Waals surface area contributed by atoms with E-state index < -0.39 is 11.7 Å². The summed E-state index contributed by atoms with van der Waals surface area (Å²) in [7, 11) is 0. The van der Waals surface area contributed by atoms with Crippen molar-refractivity contribution in [2.24, 2.45) is 0 Å². The molecule has 2 aromatic rings. The fourth-order valence-electron chi connectivity index (χ4n) is 1.64. The van der Waals surface area contributed by atoms with Crippen LogP contribution in [0, 0.1) is 12.7 Å². The number of hydrogen-bond donors (Lipinski definition) is 2. The number of nitrogen functional groups attached to an aromatic ring is 1. The Hall–Kier alpha value is -1.49. The Labute approximate surface area is 135 Å². The molecule has 0 aliphatic carbocycles. The minimum Gasteiger partial charge on any atom is -0.398 e. The molecule has 0 heterocycles. The number of amides is 1. The second kappa shape index (κ2) is 6.10. The zero-order valence-corrected chi connectivity index (χ0v) is 13.1. The van der Waals surface area contributed by atoms with Gasteiger partial charge in [0.2, 0.25) is 0 Å². The SMILES string of the molecule is Cc1c(N)cc(C(=O)Nc2cc(Cl)c(Cl)cc2Cl)cc1F. The fraction of sp³-hybridized carbons (Fsp3) is 0.0714. The van der Waals surface area contributed by atoms with Crippen molar-refractivity contribution in [3.05, 3.63) is 56.3 Å². The normalized spacial score (nSPS) is 10.5. The average Bonchev–Trinajstić information content (AvgIpc) is 2.41. The first-order valence-electron chi connectivity index (χ1n) is 5.81. The van der Waals surface area contributed by atoms with Crippen molar-refractivity contribution in [2.75, 3.05) is 11.1 Å². The van der Waals surface area contributed by atoms with Crippen LogP contribution in [0.5, 0.6) is 0 Å². The van der Waals surface area contributed by atoms with Gasteiger partial charge in [-0.2, -0.15) is 0 Å². The molecular formula is C14H10Cl3FN2O. The number of nitrogens with two attached hydrogens (primary N) is 1. The summed E-state index contributed by atoms with van der Waals surface area (Å²) in [5.74, 6) is -1.11. The van der Waals surface area contributed by atoms with Crippen LogP contribution in [0.1, 0.15) is 15.9 Å². The summed E-state index contributed by atoms with van der Waals surface area (Å²) in [4.78, 5) is 12.1. The van der Waals surface area contributed by atoms with E-state index in [1.165, 1.54) is 25.1 Å². The number of benzene rings is 2. The molecule has 0 unspecified atom stereocenters. The minimum atomic E-state index is -0.555. The van der Waals surface area contributed by atoms with Crippen LogP contribution in [0.4, 0.5) is 15.8 Å². The van der Waals surface area contributed by atoms with Gasteiger partial charge < -0.3 is 11.1 Å². The number of halogens is 4. The smallest absolute Gasteiger partial charge is 0.255 e. The Bertz CT molecular complexity index is 711. The second-order valence-corrected chi connectivity index (χ2v) is 5.59. The maximum Gasteiger partial charge on any atom is 0.255 e. The van der Waals surface area contributed by atoms with Gasteiger partial charge in [-0.3, -0.25) is 4.79 Å². The van der Waals surface area contributed by atoms with Crippen LogP contribution in [0.15, 0.2) is 24.3 Å². The average molecular weight is 348 g/mol. The topological polar surface area (TPSA) is 55.1 Å². The number of nitrogens with one attached hydrogen (secondary N) is 1. The standard InChI is InChI=1S/C14H10Cl3FN2O/c1-6-11(18)2-7(3-12(6)19)14(21)20-13-5-9(16)8(15)4-10(13)17/h2-5H,19H2,1H3,(H,20,21). The summed E-state index contributed by atoms with van der Waals surface area (Å²) in [5, 5.41) is 3.26. The first-order chi connectivity index (χ1) is 9.79. The third-order valence-electron chi connectivity index (χ3n) is 2.90. The molecule has 0 saturated carbocycles. The Balaban J connectivity index is 2.32. The maximum atomic E-state index is 13.6. The van der Waals surface area contributed by atoms with Crippen molar-refractivity contribution in [2.45, 2.75) is 6.92 Å². The molecule has 0 bridgehead atoms. The second-order valence-electron chi connectivity index (χ2n) is 4.37. The van der Waals surface area contributed by atoms with Gasteiger partial charge in [0.25, 0.3) is 5.91 Å². The van der Waals surface area contributed by atoms with Crippen molar-refractivity contribution < 1.29 is 9.18 Å². The molecule has 0 radical (unpaired) electrons. The van der Waals surface area contributed by atoms with E-state index >= 15 is 0 Å². The van der Waals surface area contributed by atoms with Gasteiger partial charge in [-0.15, -0.1) is 0 Å². The van der Waals surface area contributed by atoms with E-state index in [1.807, 2.05) is 0 Å². The zero-order valence-electron chi connectivity index (χ0n) is 10.8. The van der Waals surface area contributed by atoms with Gasteiger partial charge in [-0.05, 0) is 31.2 Å². The zero-order chi connectivity index (χ0) is 15.7. The number of hydrogen-bond acceptors (Lipinski definition) is 2. The molecule has 0 fully saturated rings. The quantitative estimate of drug-likeness (QED) is 0.598. The molecule has 21 heavy (non-hydrogen) atoms. The largest absolute Gasteiger partial charge is 0.398 e. The van der Waals surface area contributed by atoms with Crippen LogP contribution in [0.2, 0.25) is 15.1 Å². The molecule has 3 N–H and O–H groups in total. The first-order valence-corrected chi connectivity index (χ1v) is 6.94. The lowest BCUT2D eigenvalue weighted by Gasteiger charge is -2.10. The highest BCUT2D eigenvalue weighted by Gasteiger charge is 2.14. The van der Waals surface area contributed by atoms with Gasteiger partial charge >= 0.3 is 0 Å². The Morgan fingerprint density at radius 2 is 1.71 bits per heavy atom. The van der Waals surface area contributed by atoms with Crippen molar-refractivity contribution in [3.63, 3.8) is 0 Å². The highest BCUT2D eigenvalue weighted by atomic mass is 35.5. The molecule has 3 nitrogen and oxygen atoms in total. The van der Waals surface area contributed by atoms with Crippen LogP contribution in [-0.2, 0) is 0 Å². The van der Waals surface area contributed by atoms with E-state index in [4.69, 9.17) is 40.5 Å². The van der Waals surface area contributed by atoms with Gasteiger partial charge in [0.05, 0.1) is 20.8 Å². The van der Waals surface area contributed by atoms with E-state index in [2.05, 4.69) is 5.32 Å². The number of anilines is 2. The predicted octanol–water partition coefficient (Wildman–Crippen LogP) is 4.93. The predicted molar refractivity (Wildman–Crippen MR) is 85.0 cm³/mol. The molecule has 0 aliphatic heterocycles. The summed E-state index contributed by atoms with van der Waals surface area (Å²) in [6, 6.07) is 5.31. The molecule has 1 amide bonds. The number of rotatable bonds is 2. The van der Waals surface area contributed by atoms with Gasteiger partial charge in [0, 0.05) is 16.8 Å². The molecule has 110 valence electrons. The number of carbonyl (C=O) groups excluding carboxylic acids is 1. The van der Waals surface area contributed by atoms with E-state index in [0.717, 1.165) is 6.07 Å². The van der Waals surface area contributed by atoms with Crippen molar-refractivity contribution in [3.8, 4) is 0 Å². The molecule has 0 aromatic heterocycles. The van der Waals surface area contributed by atoms with Crippen molar-refractivity contribution in [1.29, 1.82) is 0 Å². The van der Waals surface area contributed by atoms with Gasteiger partial charge in [-0.1, -0.05) is 34.8 Å². The lowest BCUT2D eigenvalue weighted by Crippen LogP contribution is -2.13. The van der Waals surface area contributed by atoms with Gasteiger partial charge in [-0.25, -0.2) is 4.39 Å². The summed E-state index contributed by atoms with van der Waals surface area (Å²) >= 11 is 17.6. The molecule has 0 aliphatic rings. The van der Waals surface area contributed by atoms with E-state index in [-0.39, 0.29) is 32.0 Å². The monoisotopic (exact) mass is 346 g/mol. The minimum absolute atomic E-state index is 0.0812. The summed E-state index contributed by atoms with van der Waals surface area (Å²) in [5.41, 5.74) is 6.48. The van der Waals surface area contributed by atoms with Crippen LogP contribution in [0.3, 0.4) is 0 Å².